The van der Waals surface area contributed by atoms with Crippen LogP contribution in [0.4, 0.5) is 13.2 Å². The summed E-state index contributed by atoms with van der Waals surface area (Å²) in [5.41, 5.74) is 14.8. The van der Waals surface area contributed by atoms with E-state index in [9.17, 15) is 13.2 Å². The fraction of sp³-hybridized carbons (Fsp3) is 0.386. The standard InChI is InChI=1S/C25H25.C11H17.C7H4F3.CH2.2ClH.Zr/c1-14-12-24(3,4)22-8-16-7-17-9-23-19(15(2)13-25(23,5)6)11-21(17)20(16)10-18(14)22;1-8-6-9(2)10(7-8)11(3,4)5;8-7(9,10)6-4-2-1-3-5-6;;;;/h7-13H,1-6H3;7-8H,1-5H3;2-5H;1H2;2*1H;/q;;;;;;+2/p-2. The third-order valence-corrected chi connectivity index (χ3v) is 23.6. The Hall–Kier alpha value is -2.26. The molecule has 0 saturated heterocycles. The molecule has 0 radical (unpaired) electrons. The number of allylic oxidation sites excluding steroid dienone is 8. The topological polar surface area (TPSA) is 0 Å². The van der Waals surface area contributed by atoms with Gasteiger partial charge in [0.15, 0.2) is 0 Å². The first-order chi connectivity index (χ1) is 22.1. The van der Waals surface area contributed by atoms with E-state index in [1.54, 1.807) is 12.1 Å². The Morgan fingerprint density at radius 2 is 1.14 bits per heavy atom. The second-order valence-electron chi connectivity index (χ2n) is 17.2. The van der Waals surface area contributed by atoms with Gasteiger partial charge in [-0.2, -0.15) is 0 Å². The average Bonchev–Trinajstić information content (AvgIpc) is 3.61. The van der Waals surface area contributed by atoms with Crippen molar-refractivity contribution in [2.45, 2.75) is 96.8 Å². The predicted octanol–water partition coefficient (Wildman–Crippen LogP) is 5.98. The van der Waals surface area contributed by atoms with Gasteiger partial charge in [0.25, 0.3) is 0 Å². The average molecular weight is 796 g/mol. The third-order valence-electron chi connectivity index (χ3n) is 11.9. The Balaban J connectivity index is 0.00000243. The Bertz CT molecular complexity index is 2030. The van der Waals surface area contributed by atoms with Gasteiger partial charge < -0.3 is 24.8 Å². The van der Waals surface area contributed by atoms with Crippen molar-refractivity contribution in [2.24, 2.45) is 11.3 Å². The van der Waals surface area contributed by atoms with Crippen molar-refractivity contribution in [3.8, 4) is 11.1 Å². The largest absolute Gasteiger partial charge is 1.00 e. The van der Waals surface area contributed by atoms with Crippen molar-refractivity contribution in [2.75, 3.05) is 0 Å². The minimum atomic E-state index is -4.39. The van der Waals surface area contributed by atoms with Crippen molar-refractivity contribution in [1.29, 1.82) is 0 Å². The number of hydrogen-bond acceptors (Lipinski definition) is 0. The Morgan fingerprint density at radius 3 is 1.52 bits per heavy atom. The molecular weight excluding hydrogens is 748 g/mol. The molecule has 6 heteroatoms. The van der Waals surface area contributed by atoms with Gasteiger partial charge in [-0.05, 0) is 0 Å². The molecule has 0 fully saturated rings. The van der Waals surface area contributed by atoms with E-state index in [0.29, 0.717) is 0 Å². The molecule has 50 heavy (non-hydrogen) atoms. The molecule has 0 aliphatic heterocycles. The zero-order chi connectivity index (χ0) is 35.1. The van der Waals surface area contributed by atoms with Crippen LogP contribution in [0.15, 0.2) is 81.2 Å². The maximum absolute atomic E-state index is 14.0. The van der Waals surface area contributed by atoms with Gasteiger partial charge in [0.2, 0.25) is 0 Å². The summed E-state index contributed by atoms with van der Waals surface area (Å²) in [7, 11) is 0. The molecule has 0 N–H and O–H groups in total. The number of hydrogen-bond donors (Lipinski definition) is 0. The predicted molar refractivity (Wildman–Crippen MR) is 195 cm³/mol. The van der Waals surface area contributed by atoms with Gasteiger partial charge in [0.1, 0.15) is 0 Å². The van der Waals surface area contributed by atoms with Crippen LogP contribution in [0.25, 0.3) is 22.3 Å². The fourth-order valence-corrected chi connectivity index (χ4v) is 22.1. The second-order valence-corrected chi connectivity index (χ2v) is 26.1. The molecule has 0 amide bonds. The molecule has 2 atom stereocenters. The van der Waals surface area contributed by atoms with Crippen LogP contribution in [0, 0.1) is 11.3 Å². The van der Waals surface area contributed by atoms with E-state index in [0.717, 1.165) is 3.27 Å². The first-order valence-corrected chi connectivity index (χ1v) is 22.9. The van der Waals surface area contributed by atoms with Gasteiger partial charge in [-0.3, -0.25) is 0 Å². The summed E-state index contributed by atoms with van der Waals surface area (Å²) < 4.78 is 49.7. The summed E-state index contributed by atoms with van der Waals surface area (Å²) >= 11 is -4.25. The fourth-order valence-electron chi connectivity index (χ4n) is 9.92. The number of alkyl halides is 3. The Kier molecular flexibility index (Phi) is 9.46. The molecule has 0 aromatic heterocycles. The van der Waals surface area contributed by atoms with Gasteiger partial charge in [0, 0.05) is 0 Å². The van der Waals surface area contributed by atoms with Crippen LogP contribution in [0.2, 0.25) is 0 Å². The molecule has 3 aromatic rings. The normalized spacial score (nSPS) is 20.6. The van der Waals surface area contributed by atoms with Crippen LogP contribution >= 0.6 is 0 Å². The van der Waals surface area contributed by atoms with Crippen LogP contribution in [0.1, 0.15) is 119 Å². The molecule has 3 aromatic carbocycles. The van der Waals surface area contributed by atoms with Gasteiger partial charge in [-0.25, -0.2) is 0 Å². The van der Waals surface area contributed by atoms with E-state index >= 15 is 0 Å². The van der Waals surface area contributed by atoms with Crippen LogP contribution in [0.3, 0.4) is 0 Å². The quantitative estimate of drug-likeness (QED) is 0.307. The number of rotatable bonds is 3. The number of halogens is 5. The summed E-state index contributed by atoms with van der Waals surface area (Å²) in [5, 5.41) is 0. The zero-order valence-corrected chi connectivity index (χ0v) is 35.1. The maximum atomic E-state index is 14.0. The molecule has 2 unspecified atom stereocenters. The van der Waals surface area contributed by atoms with Gasteiger partial charge in [-0.1, -0.05) is 0 Å². The first-order valence-electron chi connectivity index (χ1n) is 17.3. The van der Waals surface area contributed by atoms with Crippen molar-refractivity contribution in [3.05, 3.63) is 120 Å². The van der Waals surface area contributed by atoms with Crippen molar-refractivity contribution in [1.82, 2.24) is 0 Å². The number of fused-ring (bicyclic) bond motifs is 5. The molecule has 0 saturated carbocycles. The summed E-state index contributed by atoms with van der Waals surface area (Å²) in [6.45, 7) is 24.9. The van der Waals surface area contributed by atoms with Gasteiger partial charge in [-0.15, -0.1) is 0 Å². The summed E-state index contributed by atoms with van der Waals surface area (Å²) in [6.07, 6.45) is 2.78. The van der Waals surface area contributed by atoms with Crippen LogP contribution in [0.5, 0.6) is 0 Å². The number of benzene rings is 3. The SMILES string of the molecule is [CH2]=[Zr+2]([C]1=C(C)C(C(C)(C)C)=CC1C)([c]1ccc(C(F)(F)F)cc1)[CH]1c2cc3c(cc2-c2cc4c(cc21)C(C)(C)C=C4C)C(C)=CC3(C)C.[Cl-].[Cl-]. The van der Waals surface area contributed by atoms with Crippen LogP contribution < -0.4 is 28.1 Å². The van der Waals surface area contributed by atoms with E-state index in [1.165, 1.54) is 82.2 Å². The van der Waals surface area contributed by atoms with Gasteiger partial charge >= 0.3 is 291 Å². The minimum Gasteiger partial charge on any atom is -1.00 e. The van der Waals surface area contributed by atoms with Gasteiger partial charge in [0.05, 0.1) is 0 Å². The molecular formula is C44H48Cl2F3Zr. The second kappa shape index (κ2) is 12.1. The summed E-state index contributed by atoms with van der Waals surface area (Å²) in [5.74, 6) is 0.159. The first kappa shape index (κ1) is 39.0. The molecule has 4 aliphatic carbocycles. The van der Waals surface area contributed by atoms with Crippen LogP contribution in [-0.4, -0.2) is 4.21 Å². The van der Waals surface area contributed by atoms with E-state index in [2.05, 4.69) is 119 Å². The summed E-state index contributed by atoms with van der Waals surface area (Å²) in [4.78, 5) is 0. The van der Waals surface area contributed by atoms with E-state index < -0.39 is 31.5 Å². The Labute approximate surface area is 313 Å². The monoisotopic (exact) mass is 793 g/mol. The molecule has 7 rings (SSSR count). The van der Waals surface area contributed by atoms with Crippen molar-refractivity contribution in [3.63, 3.8) is 0 Å². The Morgan fingerprint density at radius 1 is 0.700 bits per heavy atom. The maximum Gasteiger partial charge on any atom is -1.00 e. The molecule has 0 bridgehead atoms. The van der Waals surface area contributed by atoms with Crippen molar-refractivity contribution < 1.29 is 57.8 Å². The zero-order valence-electron chi connectivity index (χ0n) is 31.1. The molecule has 263 valence electrons. The molecule has 0 nitrogen and oxygen atoms in total. The van der Waals surface area contributed by atoms with E-state index in [4.69, 9.17) is 4.21 Å². The third kappa shape index (κ3) is 5.61. The van der Waals surface area contributed by atoms with E-state index in [1.807, 2.05) is 0 Å². The molecule has 4 aliphatic rings. The molecule has 0 heterocycles. The van der Waals surface area contributed by atoms with E-state index in [-0.39, 0.29) is 50.6 Å². The van der Waals surface area contributed by atoms with Crippen LogP contribution in [-0.2, 0) is 36.8 Å². The van der Waals surface area contributed by atoms with Crippen molar-refractivity contribution >= 4 is 18.6 Å². The minimum absolute atomic E-state index is 0. The molecule has 0 spiro atoms. The summed E-state index contributed by atoms with van der Waals surface area (Å²) in [6, 6.07) is 16.0. The smallest absolute Gasteiger partial charge is 1.00 e.